The molecule has 0 spiro atoms. The number of aromatic nitrogens is 2. The number of halogens is 3. The number of carboxylic acid groups (broad SMARTS) is 1. The number of ether oxygens (including phenoxy) is 2. The summed E-state index contributed by atoms with van der Waals surface area (Å²) in [4.78, 5) is 19.0. The highest BCUT2D eigenvalue weighted by Gasteiger charge is 2.43. The summed E-state index contributed by atoms with van der Waals surface area (Å²) < 4.78 is 50.8. The number of alkyl halides is 3. The van der Waals surface area contributed by atoms with Gasteiger partial charge in [0.2, 0.25) is 0 Å². The molecule has 1 aromatic carbocycles. The molecule has 0 fully saturated rings. The van der Waals surface area contributed by atoms with Gasteiger partial charge in [0.15, 0.2) is 6.10 Å². The Morgan fingerprint density at radius 1 is 1.23 bits per heavy atom. The summed E-state index contributed by atoms with van der Waals surface area (Å²) in [6.07, 6.45) is -3.63. The molecule has 2 aromatic rings. The molecule has 0 aliphatic carbocycles. The SMILES string of the molecule is CCO[C@H](c1ccc([C@@H](CC)CC(=O)O)cc1Nc1cnc(OC)nc1)C(F)(F)F. The van der Waals surface area contributed by atoms with E-state index >= 15 is 0 Å². The van der Waals surface area contributed by atoms with Crippen molar-refractivity contribution in [2.45, 2.75) is 44.9 Å². The fraction of sp³-hybridized carbons (Fsp3) is 0.450. The molecule has 2 atom stereocenters. The van der Waals surface area contributed by atoms with Crippen molar-refractivity contribution in [1.29, 1.82) is 0 Å². The van der Waals surface area contributed by atoms with Crippen LogP contribution in [0.4, 0.5) is 24.5 Å². The van der Waals surface area contributed by atoms with Crippen molar-refractivity contribution >= 4 is 17.3 Å². The van der Waals surface area contributed by atoms with E-state index in [0.29, 0.717) is 17.7 Å². The van der Waals surface area contributed by atoms with Crippen molar-refractivity contribution in [3.05, 3.63) is 41.7 Å². The van der Waals surface area contributed by atoms with Crippen molar-refractivity contribution in [2.75, 3.05) is 19.0 Å². The molecule has 0 bridgehead atoms. The highest BCUT2D eigenvalue weighted by Crippen LogP contribution is 2.41. The van der Waals surface area contributed by atoms with Gasteiger partial charge in [-0.1, -0.05) is 19.1 Å². The number of methoxy groups -OCH3 is 1. The van der Waals surface area contributed by atoms with Crippen LogP contribution in [0.2, 0.25) is 0 Å². The van der Waals surface area contributed by atoms with Gasteiger partial charge >= 0.3 is 18.2 Å². The maximum atomic E-state index is 13.6. The standard InChI is InChI=1S/C20H24F3N3O4/c1-4-12(9-17(27)28)13-6-7-15(18(30-5-2)20(21,22)23)16(8-13)26-14-10-24-19(29-3)25-11-14/h6-8,10-12,18,26H,4-5,9H2,1-3H3,(H,27,28)/t12-,18+/m0/s1. The lowest BCUT2D eigenvalue weighted by molar-refractivity contribution is -0.222. The fourth-order valence-corrected chi connectivity index (χ4v) is 3.04. The van der Waals surface area contributed by atoms with Crippen LogP contribution in [-0.2, 0) is 9.53 Å². The van der Waals surface area contributed by atoms with Crippen LogP contribution in [0.15, 0.2) is 30.6 Å². The first-order chi connectivity index (χ1) is 14.2. The van der Waals surface area contributed by atoms with Gasteiger partial charge in [-0.15, -0.1) is 0 Å². The lowest BCUT2D eigenvalue weighted by atomic mass is 9.91. The third-order valence-corrected chi connectivity index (χ3v) is 4.47. The summed E-state index contributed by atoms with van der Waals surface area (Å²) in [5, 5.41) is 12.0. The highest BCUT2D eigenvalue weighted by atomic mass is 19.4. The van der Waals surface area contributed by atoms with Crippen molar-refractivity contribution < 1.29 is 32.5 Å². The number of nitrogens with zero attached hydrogens (tertiary/aromatic N) is 2. The number of benzene rings is 1. The number of carboxylic acids is 1. The molecule has 0 saturated heterocycles. The van der Waals surface area contributed by atoms with Crippen molar-refractivity contribution in [3.8, 4) is 6.01 Å². The number of hydrogen-bond acceptors (Lipinski definition) is 6. The molecule has 0 unspecified atom stereocenters. The number of hydrogen-bond donors (Lipinski definition) is 2. The first kappa shape index (κ1) is 23.4. The van der Waals surface area contributed by atoms with Gasteiger partial charge in [0.1, 0.15) is 0 Å². The minimum atomic E-state index is -4.63. The fourth-order valence-electron chi connectivity index (χ4n) is 3.04. The van der Waals surface area contributed by atoms with E-state index in [-0.39, 0.29) is 36.2 Å². The van der Waals surface area contributed by atoms with E-state index in [2.05, 4.69) is 15.3 Å². The van der Waals surface area contributed by atoms with Gasteiger partial charge < -0.3 is 19.9 Å². The Bertz CT molecular complexity index is 844. The van der Waals surface area contributed by atoms with Gasteiger partial charge in [0.25, 0.3) is 0 Å². The average molecular weight is 427 g/mol. The van der Waals surface area contributed by atoms with Crippen molar-refractivity contribution in [2.24, 2.45) is 0 Å². The Kier molecular flexibility index (Phi) is 7.99. The number of rotatable bonds is 10. The summed E-state index contributed by atoms with van der Waals surface area (Å²) in [5.74, 6) is -1.33. The second-order valence-electron chi connectivity index (χ2n) is 6.51. The normalized spacial score (nSPS) is 13.5. The van der Waals surface area contributed by atoms with E-state index in [4.69, 9.17) is 14.6 Å². The predicted molar refractivity (Wildman–Crippen MR) is 104 cm³/mol. The lowest BCUT2D eigenvalue weighted by Crippen LogP contribution is -2.24. The molecule has 2 rings (SSSR count). The Labute approximate surface area is 172 Å². The van der Waals surface area contributed by atoms with E-state index in [1.807, 2.05) is 6.92 Å². The first-order valence-electron chi connectivity index (χ1n) is 9.36. The zero-order valence-corrected chi connectivity index (χ0v) is 16.9. The number of carbonyl (C=O) groups is 1. The molecule has 2 N–H and O–H groups in total. The van der Waals surface area contributed by atoms with E-state index in [1.165, 1.54) is 44.6 Å². The number of nitrogens with one attached hydrogen (secondary N) is 1. The largest absolute Gasteiger partial charge is 0.481 e. The summed E-state index contributed by atoms with van der Waals surface area (Å²) >= 11 is 0. The monoisotopic (exact) mass is 427 g/mol. The second kappa shape index (κ2) is 10.2. The Balaban J connectivity index is 2.52. The average Bonchev–Trinajstić information content (AvgIpc) is 2.70. The summed E-state index contributed by atoms with van der Waals surface area (Å²) in [6, 6.07) is 4.47. The van der Waals surface area contributed by atoms with Crippen LogP contribution in [0, 0.1) is 0 Å². The summed E-state index contributed by atoms with van der Waals surface area (Å²) in [7, 11) is 1.40. The lowest BCUT2D eigenvalue weighted by Gasteiger charge is -2.25. The zero-order chi connectivity index (χ0) is 22.3. The molecule has 164 valence electrons. The topological polar surface area (TPSA) is 93.6 Å². The van der Waals surface area contributed by atoms with Crippen LogP contribution < -0.4 is 10.1 Å². The molecule has 0 saturated carbocycles. The predicted octanol–water partition coefficient (Wildman–Crippen LogP) is 4.84. The van der Waals surface area contributed by atoms with Crippen molar-refractivity contribution in [3.63, 3.8) is 0 Å². The van der Waals surface area contributed by atoms with Gasteiger partial charge in [-0.3, -0.25) is 4.79 Å². The quantitative estimate of drug-likeness (QED) is 0.560. The van der Waals surface area contributed by atoms with Gasteiger partial charge in [0.05, 0.1) is 31.6 Å². The smallest absolute Gasteiger partial charge is 0.418 e. The molecular formula is C20H24F3N3O4. The second-order valence-corrected chi connectivity index (χ2v) is 6.51. The molecule has 0 aliphatic rings. The van der Waals surface area contributed by atoms with Crippen LogP contribution in [0.3, 0.4) is 0 Å². The molecule has 30 heavy (non-hydrogen) atoms. The molecule has 1 heterocycles. The van der Waals surface area contributed by atoms with Gasteiger partial charge in [0, 0.05) is 17.9 Å². The number of aliphatic carboxylic acids is 1. The summed E-state index contributed by atoms with van der Waals surface area (Å²) in [5.41, 5.74) is 0.978. The van der Waals surface area contributed by atoms with E-state index in [9.17, 15) is 18.0 Å². The third kappa shape index (κ3) is 6.06. The van der Waals surface area contributed by atoms with E-state index in [1.54, 1.807) is 0 Å². The highest BCUT2D eigenvalue weighted by molar-refractivity contribution is 5.69. The van der Waals surface area contributed by atoms with Crippen LogP contribution >= 0.6 is 0 Å². The molecule has 1 aromatic heterocycles. The van der Waals surface area contributed by atoms with E-state index < -0.39 is 18.2 Å². The minimum absolute atomic E-state index is 0.115. The maximum Gasteiger partial charge on any atom is 0.418 e. The molecule has 10 heteroatoms. The van der Waals surface area contributed by atoms with Gasteiger partial charge in [-0.05, 0) is 30.9 Å². The van der Waals surface area contributed by atoms with Crippen molar-refractivity contribution in [1.82, 2.24) is 9.97 Å². The van der Waals surface area contributed by atoms with Crippen LogP contribution in [0.1, 0.15) is 49.8 Å². The molecule has 0 radical (unpaired) electrons. The Hall–Kier alpha value is -2.88. The minimum Gasteiger partial charge on any atom is -0.481 e. The van der Waals surface area contributed by atoms with Gasteiger partial charge in [-0.2, -0.15) is 13.2 Å². The third-order valence-electron chi connectivity index (χ3n) is 4.47. The Morgan fingerprint density at radius 2 is 1.90 bits per heavy atom. The summed E-state index contributed by atoms with van der Waals surface area (Å²) in [6.45, 7) is 3.18. The van der Waals surface area contributed by atoms with Crippen LogP contribution in [0.25, 0.3) is 0 Å². The molecule has 0 amide bonds. The molecule has 7 nitrogen and oxygen atoms in total. The Morgan fingerprint density at radius 3 is 2.40 bits per heavy atom. The van der Waals surface area contributed by atoms with Gasteiger partial charge in [-0.25, -0.2) is 9.97 Å². The van der Waals surface area contributed by atoms with Crippen LogP contribution in [0.5, 0.6) is 6.01 Å². The zero-order valence-electron chi connectivity index (χ0n) is 16.9. The molecule has 0 aliphatic heterocycles. The number of anilines is 2. The first-order valence-corrected chi connectivity index (χ1v) is 9.36. The van der Waals surface area contributed by atoms with E-state index in [0.717, 1.165) is 0 Å². The van der Waals surface area contributed by atoms with Crippen LogP contribution in [-0.4, -0.2) is 40.9 Å². The molecular weight excluding hydrogens is 403 g/mol. The maximum absolute atomic E-state index is 13.6.